The first-order valence-corrected chi connectivity index (χ1v) is 10.3. The van der Waals surface area contributed by atoms with Crippen LogP contribution in [0, 0.1) is 23.7 Å². The minimum Gasteiger partial charge on any atom is -0.343 e. The van der Waals surface area contributed by atoms with Gasteiger partial charge in [0.25, 0.3) is 0 Å². The van der Waals surface area contributed by atoms with Crippen molar-refractivity contribution >= 4 is 11.0 Å². The molecule has 0 saturated carbocycles. The van der Waals surface area contributed by atoms with Gasteiger partial charge in [0, 0.05) is 18.6 Å². The highest BCUT2D eigenvalue weighted by atomic mass is 16.5. The van der Waals surface area contributed by atoms with Crippen molar-refractivity contribution < 1.29 is 4.74 Å². The van der Waals surface area contributed by atoms with Crippen LogP contribution in [0.2, 0.25) is 0 Å². The second-order valence-electron chi connectivity index (χ2n) is 6.81. The Morgan fingerprint density at radius 3 is 2.55 bits per heavy atom. The van der Waals surface area contributed by atoms with Crippen LogP contribution in [0.25, 0.3) is 11.0 Å². The van der Waals surface area contributed by atoms with Crippen LogP contribution in [-0.4, -0.2) is 21.6 Å². The Morgan fingerprint density at radius 2 is 1.76 bits per heavy atom. The number of ether oxygens (including phenoxy) is 1. The third kappa shape index (κ3) is 5.25. The van der Waals surface area contributed by atoms with E-state index in [0.717, 1.165) is 29.4 Å². The lowest BCUT2D eigenvalue weighted by Crippen LogP contribution is -2.36. The maximum absolute atomic E-state index is 6.22. The smallest absolute Gasteiger partial charge is 0.237 e. The van der Waals surface area contributed by atoms with Crippen molar-refractivity contribution in [2.45, 2.75) is 51.7 Å². The Morgan fingerprint density at radius 1 is 0.966 bits per heavy atom. The molecule has 3 rings (SSSR count). The normalized spacial score (nSPS) is 12.5. The van der Waals surface area contributed by atoms with Gasteiger partial charge in [-0.25, -0.2) is 4.68 Å². The highest BCUT2D eigenvalue weighted by Gasteiger charge is 2.33. The molecule has 0 amide bonds. The number of aromatic nitrogens is 3. The zero-order valence-electron chi connectivity index (χ0n) is 17.2. The van der Waals surface area contributed by atoms with Gasteiger partial charge in [0.05, 0.1) is 11.9 Å². The number of unbranched alkanes of at least 4 members (excludes halogenated alkanes) is 3. The molecule has 0 saturated heterocycles. The van der Waals surface area contributed by atoms with Gasteiger partial charge >= 0.3 is 0 Å². The summed E-state index contributed by atoms with van der Waals surface area (Å²) in [4.78, 5) is 0. The highest BCUT2D eigenvalue weighted by Crippen LogP contribution is 2.26. The first kappa shape index (κ1) is 20.6. The summed E-state index contributed by atoms with van der Waals surface area (Å²) in [5, 5.41) is 8.71. The van der Waals surface area contributed by atoms with Gasteiger partial charge in [0.15, 0.2) is 0 Å². The molecule has 0 N–H and O–H groups in total. The van der Waals surface area contributed by atoms with Crippen molar-refractivity contribution in [1.29, 1.82) is 0 Å². The molecule has 0 spiro atoms. The van der Waals surface area contributed by atoms with Gasteiger partial charge in [-0.05, 0) is 43.5 Å². The zero-order chi connectivity index (χ0) is 20.4. The molecule has 1 heterocycles. The summed E-state index contributed by atoms with van der Waals surface area (Å²) < 4.78 is 8.00. The third-order valence-electron chi connectivity index (χ3n) is 4.61. The predicted molar refractivity (Wildman–Crippen MR) is 117 cm³/mol. The molecule has 29 heavy (non-hydrogen) atoms. The maximum atomic E-state index is 6.22. The van der Waals surface area contributed by atoms with Crippen LogP contribution < -0.4 is 0 Å². The topological polar surface area (TPSA) is 39.9 Å². The van der Waals surface area contributed by atoms with Gasteiger partial charge in [-0.15, -0.1) is 11.0 Å². The molecular weight excluding hydrogens is 358 g/mol. The van der Waals surface area contributed by atoms with Gasteiger partial charge in [-0.3, -0.25) is 0 Å². The summed E-state index contributed by atoms with van der Waals surface area (Å²) in [6.07, 6.45) is 4.83. The summed E-state index contributed by atoms with van der Waals surface area (Å²) in [6, 6.07) is 17.8. The first-order chi connectivity index (χ1) is 14.3. The molecule has 2 aromatic carbocycles. The van der Waals surface area contributed by atoms with E-state index in [9.17, 15) is 0 Å². The maximum Gasteiger partial charge on any atom is 0.237 e. The van der Waals surface area contributed by atoms with Crippen molar-refractivity contribution in [2.75, 3.05) is 6.61 Å². The molecule has 0 aliphatic heterocycles. The van der Waals surface area contributed by atoms with Crippen molar-refractivity contribution in [3.63, 3.8) is 0 Å². The molecule has 1 atom stereocenters. The van der Waals surface area contributed by atoms with E-state index in [-0.39, 0.29) is 0 Å². The van der Waals surface area contributed by atoms with Gasteiger partial charge < -0.3 is 4.74 Å². The Hall–Kier alpha value is -3.08. The van der Waals surface area contributed by atoms with Crippen LogP contribution in [0.4, 0.5) is 0 Å². The number of nitrogens with zero attached hydrogens (tertiary/aromatic N) is 3. The van der Waals surface area contributed by atoms with E-state index in [2.05, 4.69) is 40.9 Å². The lowest BCUT2D eigenvalue weighted by atomic mass is 10.1. The lowest BCUT2D eigenvalue weighted by molar-refractivity contribution is -0.0563. The Labute approximate surface area is 173 Å². The monoisotopic (exact) mass is 385 g/mol. The van der Waals surface area contributed by atoms with Crippen LogP contribution >= 0.6 is 0 Å². The third-order valence-corrected chi connectivity index (χ3v) is 4.61. The summed E-state index contributed by atoms with van der Waals surface area (Å²) in [5.41, 5.74) is 1.64. The van der Waals surface area contributed by atoms with Gasteiger partial charge in [0.2, 0.25) is 5.72 Å². The number of hydrogen-bond donors (Lipinski definition) is 0. The minimum absolute atomic E-state index is 0.431. The fourth-order valence-electron chi connectivity index (χ4n) is 3.12. The van der Waals surface area contributed by atoms with E-state index in [4.69, 9.17) is 4.74 Å². The van der Waals surface area contributed by atoms with Crippen LogP contribution in [0.15, 0.2) is 54.6 Å². The number of para-hydroxylation sites is 1. The summed E-state index contributed by atoms with van der Waals surface area (Å²) >= 11 is 0. The van der Waals surface area contributed by atoms with Crippen LogP contribution in [0.5, 0.6) is 0 Å². The molecule has 1 unspecified atom stereocenters. The van der Waals surface area contributed by atoms with Crippen LogP contribution in [-0.2, 0) is 10.5 Å². The molecule has 0 aliphatic carbocycles. The quantitative estimate of drug-likeness (QED) is 0.417. The van der Waals surface area contributed by atoms with Crippen molar-refractivity contribution in [3.05, 3.63) is 60.2 Å². The van der Waals surface area contributed by atoms with Gasteiger partial charge in [0.1, 0.15) is 5.52 Å². The number of rotatable bonds is 7. The Bertz CT molecular complexity index is 1030. The lowest BCUT2D eigenvalue weighted by Gasteiger charge is -2.27. The SMILES string of the molecule is CCCCCC#CCC(C#Cc1ccccc1)(OCC)n1nnc2ccccc21. The average molecular weight is 386 g/mol. The zero-order valence-corrected chi connectivity index (χ0v) is 17.2. The summed E-state index contributed by atoms with van der Waals surface area (Å²) in [6.45, 7) is 4.66. The van der Waals surface area contributed by atoms with E-state index in [1.165, 1.54) is 12.8 Å². The Kier molecular flexibility index (Phi) is 7.45. The van der Waals surface area contributed by atoms with Crippen LogP contribution in [0.1, 0.15) is 51.5 Å². The van der Waals surface area contributed by atoms with Gasteiger partial charge in [-0.1, -0.05) is 67.2 Å². The highest BCUT2D eigenvalue weighted by molar-refractivity contribution is 5.74. The van der Waals surface area contributed by atoms with Crippen molar-refractivity contribution in [2.24, 2.45) is 0 Å². The molecule has 0 fully saturated rings. The molecular formula is C25H27N3O. The predicted octanol–water partition coefficient (Wildman–Crippen LogP) is 5.15. The molecule has 0 bridgehead atoms. The second-order valence-corrected chi connectivity index (χ2v) is 6.81. The fourth-order valence-corrected chi connectivity index (χ4v) is 3.12. The van der Waals surface area contributed by atoms with E-state index < -0.39 is 5.72 Å². The molecule has 4 heteroatoms. The molecule has 0 radical (unpaired) electrons. The van der Waals surface area contributed by atoms with E-state index >= 15 is 0 Å². The van der Waals surface area contributed by atoms with Crippen molar-refractivity contribution in [3.8, 4) is 23.7 Å². The molecule has 3 aromatic rings. The molecule has 148 valence electrons. The standard InChI is InChI=1S/C25H27N3O/c1-3-5-6-7-8-14-20-25(29-4-2,21-19-22-15-10-9-11-16-22)28-24-18-13-12-17-23(24)26-27-28/h9-13,15-18H,3-7,20H2,1-2H3. The number of fused-ring (bicyclic) bond motifs is 1. The van der Waals surface area contributed by atoms with Gasteiger partial charge in [-0.2, -0.15) is 0 Å². The van der Waals surface area contributed by atoms with Crippen LogP contribution in [0.3, 0.4) is 0 Å². The number of benzene rings is 2. The molecule has 4 nitrogen and oxygen atoms in total. The molecule has 1 aromatic heterocycles. The van der Waals surface area contributed by atoms with E-state index in [1.54, 1.807) is 4.68 Å². The largest absolute Gasteiger partial charge is 0.343 e. The average Bonchev–Trinajstić information content (AvgIpc) is 3.20. The molecule has 0 aliphatic rings. The number of hydrogen-bond acceptors (Lipinski definition) is 3. The Balaban J connectivity index is 2.01. The summed E-state index contributed by atoms with van der Waals surface area (Å²) in [5.74, 6) is 13.2. The first-order valence-electron chi connectivity index (χ1n) is 10.3. The summed E-state index contributed by atoms with van der Waals surface area (Å²) in [7, 11) is 0. The second kappa shape index (κ2) is 10.5. The van der Waals surface area contributed by atoms with E-state index in [0.29, 0.717) is 13.0 Å². The minimum atomic E-state index is -0.988. The van der Waals surface area contributed by atoms with E-state index in [1.807, 2.05) is 61.5 Å². The fraction of sp³-hybridized carbons (Fsp3) is 0.360. The van der Waals surface area contributed by atoms with Crippen molar-refractivity contribution in [1.82, 2.24) is 15.0 Å².